The average molecular weight is 836 g/mol. The van der Waals surface area contributed by atoms with E-state index in [1.165, 1.54) is 52.3 Å². The highest BCUT2D eigenvalue weighted by atomic mass is 35.5. The van der Waals surface area contributed by atoms with Crippen LogP contribution < -0.4 is 14.8 Å². The second-order valence-corrected chi connectivity index (χ2v) is 15.5. The van der Waals surface area contributed by atoms with Gasteiger partial charge in [-0.1, -0.05) is 102 Å². The summed E-state index contributed by atoms with van der Waals surface area (Å²) in [7, 11) is 0. The fourth-order valence-electron chi connectivity index (χ4n) is 5.96. The van der Waals surface area contributed by atoms with Gasteiger partial charge >= 0.3 is 12.1 Å². The molecule has 1 saturated heterocycles. The van der Waals surface area contributed by atoms with Gasteiger partial charge in [-0.25, -0.2) is 9.59 Å². The second kappa shape index (κ2) is 17.2. The van der Waals surface area contributed by atoms with Crippen molar-refractivity contribution in [2.75, 3.05) is 6.61 Å². The summed E-state index contributed by atoms with van der Waals surface area (Å²) >= 11 is 21.2. The number of nitrogens with zero attached hydrogens (tertiary/aromatic N) is 1. The molecule has 2 unspecified atom stereocenters. The van der Waals surface area contributed by atoms with Crippen LogP contribution in [0.5, 0.6) is 17.2 Å². The molecule has 0 radical (unpaired) electrons. The maximum atomic E-state index is 14.3. The molecule has 0 spiro atoms. The Morgan fingerprint density at radius 3 is 2.13 bits per heavy atom. The lowest BCUT2D eigenvalue weighted by molar-refractivity contribution is -0.165. The van der Waals surface area contributed by atoms with Crippen molar-refractivity contribution in [3.05, 3.63) is 157 Å². The molecule has 10 nitrogen and oxygen atoms in total. The van der Waals surface area contributed by atoms with Crippen LogP contribution >= 0.6 is 57.9 Å². The molecular weight excluding hydrogens is 807 g/mol. The van der Waals surface area contributed by atoms with Gasteiger partial charge in [0.2, 0.25) is 11.8 Å². The van der Waals surface area contributed by atoms with E-state index in [9.17, 15) is 19.2 Å². The zero-order valence-electron chi connectivity index (χ0n) is 28.4. The minimum atomic E-state index is -1.29. The Kier molecular flexibility index (Phi) is 12.0. The number of fused-ring (bicyclic) bond motifs is 1. The Bertz CT molecular complexity index is 2200. The van der Waals surface area contributed by atoms with Crippen molar-refractivity contribution in [3.8, 4) is 17.2 Å². The zero-order valence-corrected chi connectivity index (χ0v) is 32.3. The number of esters is 1. The number of carbonyl (C=O) groups is 4. The van der Waals surface area contributed by atoms with Crippen molar-refractivity contribution >= 4 is 81.8 Å². The second-order valence-electron chi connectivity index (χ2n) is 12.2. The highest BCUT2D eigenvalue weighted by Gasteiger charge is 2.56. The van der Waals surface area contributed by atoms with Crippen molar-refractivity contribution in [1.82, 2.24) is 10.2 Å². The first-order valence-corrected chi connectivity index (χ1v) is 19.7. The Labute approximate surface area is 338 Å². The molecule has 280 valence electrons. The lowest BCUT2D eigenvalue weighted by Crippen LogP contribution is -2.74. The first-order chi connectivity index (χ1) is 26.6. The van der Waals surface area contributed by atoms with Crippen molar-refractivity contribution in [2.45, 2.75) is 30.0 Å². The highest BCUT2D eigenvalue weighted by molar-refractivity contribution is 8.03. The lowest BCUT2D eigenvalue weighted by atomic mass is 9.97. The molecule has 3 heterocycles. The number of thiophene rings is 1. The standard InChI is InChI=1S/C40H29Cl3N2O8S2/c41-26-13-15-30(29(43)18-26)51-31-16-14-27(42)19-32(31)52-40(49)50-21-25-22-55-38-34(44-33(46)20-28-12-7-17-54-28)37(47)45(38)35(25)39(48)53-36(23-8-3-1-4-9-23)24-10-5-2-6-11-24/h1-19,22,34-36,38H,20-21H2,(H,44,46)/t34?,35?,38-/m0/s1. The van der Waals surface area contributed by atoms with Gasteiger partial charge in [0.05, 0.1) is 11.4 Å². The van der Waals surface area contributed by atoms with Gasteiger partial charge in [0, 0.05) is 26.6 Å². The summed E-state index contributed by atoms with van der Waals surface area (Å²) in [5.74, 6) is -1.28. The van der Waals surface area contributed by atoms with E-state index in [1.54, 1.807) is 17.5 Å². The molecule has 2 amide bonds. The van der Waals surface area contributed by atoms with E-state index >= 15 is 0 Å². The van der Waals surface area contributed by atoms with Crippen LogP contribution in [0.2, 0.25) is 15.1 Å². The van der Waals surface area contributed by atoms with Crippen LogP contribution in [0.3, 0.4) is 0 Å². The third-order valence-corrected chi connectivity index (χ3v) is 11.4. The largest absolute Gasteiger partial charge is 0.514 e. The predicted molar refractivity (Wildman–Crippen MR) is 211 cm³/mol. The summed E-state index contributed by atoms with van der Waals surface area (Å²) in [6.45, 7) is -0.446. The number of halogens is 3. The summed E-state index contributed by atoms with van der Waals surface area (Å²) in [6.07, 6.45) is -1.85. The Morgan fingerprint density at radius 2 is 1.47 bits per heavy atom. The zero-order chi connectivity index (χ0) is 38.5. The quantitative estimate of drug-likeness (QED) is 0.0745. The lowest BCUT2D eigenvalue weighted by Gasteiger charge is -2.51. The van der Waals surface area contributed by atoms with Crippen LogP contribution in [0.4, 0.5) is 4.79 Å². The SMILES string of the molecule is O=C(Cc1cccs1)NC1C(=O)N2C(C(=O)OC(c3ccccc3)c3ccccc3)C(COC(=O)Oc3cc(Cl)ccc3Oc3ccc(Cl)cc3Cl)=CS[C@@H]12. The monoisotopic (exact) mass is 834 g/mol. The smallest absolute Gasteiger partial charge is 0.452 e. The first kappa shape index (κ1) is 38.3. The Morgan fingerprint density at radius 1 is 0.800 bits per heavy atom. The number of rotatable bonds is 12. The maximum absolute atomic E-state index is 14.3. The summed E-state index contributed by atoms with van der Waals surface area (Å²) in [6, 6.07) is 28.9. The van der Waals surface area contributed by atoms with Crippen LogP contribution in [0.15, 0.2) is 126 Å². The van der Waals surface area contributed by atoms with E-state index < -0.39 is 48.2 Å². The molecule has 5 aromatic rings. The van der Waals surface area contributed by atoms with Gasteiger partial charge in [-0.05, 0) is 58.3 Å². The molecular formula is C40H29Cl3N2O8S2. The van der Waals surface area contributed by atoms with Crippen LogP contribution in [0.1, 0.15) is 22.1 Å². The topological polar surface area (TPSA) is 120 Å². The summed E-state index contributed by atoms with van der Waals surface area (Å²) in [4.78, 5) is 56.3. The van der Waals surface area contributed by atoms with E-state index in [1.807, 2.05) is 78.2 Å². The van der Waals surface area contributed by atoms with Crippen LogP contribution in [0.25, 0.3) is 0 Å². The van der Waals surface area contributed by atoms with Crippen molar-refractivity contribution in [1.29, 1.82) is 0 Å². The molecule has 4 aromatic carbocycles. The third-order valence-electron chi connectivity index (χ3n) is 8.53. The Hall–Kier alpha value is -4.98. The van der Waals surface area contributed by atoms with Crippen LogP contribution in [0, 0.1) is 0 Å². The van der Waals surface area contributed by atoms with Crippen LogP contribution in [-0.2, 0) is 30.3 Å². The molecule has 1 fully saturated rings. The summed E-state index contributed by atoms with van der Waals surface area (Å²) in [5, 5.41) is 6.58. The minimum absolute atomic E-state index is 0.0702. The molecule has 0 aliphatic carbocycles. The fraction of sp³-hybridized carbons (Fsp3) is 0.150. The molecule has 1 N–H and O–H groups in total. The van der Waals surface area contributed by atoms with Gasteiger partial charge in [-0.2, -0.15) is 0 Å². The van der Waals surface area contributed by atoms with Gasteiger partial charge in [0.25, 0.3) is 0 Å². The van der Waals surface area contributed by atoms with Gasteiger partial charge in [0.1, 0.15) is 23.8 Å². The number of hydrogen-bond acceptors (Lipinski definition) is 10. The predicted octanol–water partition coefficient (Wildman–Crippen LogP) is 9.24. The summed E-state index contributed by atoms with van der Waals surface area (Å²) in [5.41, 5.74) is 1.68. The third kappa shape index (κ3) is 8.95. The van der Waals surface area contributed by atoms with Crippen molar-refractivity contribution in [2.24, 2.45) is 0 Å². The molecule has 3 atom stereocenters. The molecule has 7 rings (SSSR count). The van der Waals surface area contributed by atoms with E-state index in [-0.39, 0.29) is 45.2 Å². The van der Waals surface area contributed by atoms with E-state index in [0.29, 0.717) is 16.1 Å². The number of thioether (sulfide) groups is 1. The normalized spacial score (nSPS) is 17.4. The van der Waals surface area contributed by atoms with Crippen LogP contribution in [-0.4, -0.2) is 52.9 Å². The molecule has 2 aliphatic rings. The van der Waals surface area contributed by atoms with Gasteiger partial charge in [0.15, 0.2) is 23.6 Å². The number of amides is 2. The minimum Gasteiger partial charge on any atom is -0.452 e. The fourth-order valence-corrected chi connectivity index (χ4v) is 8.48. The average Bonchev–Trinajstić information content (AvgIpc) is 3.70. The van der Waals surface area contributed by atoms with Gasteiger partial charge in [-0.15, -0.1) is 23.1 Å². The van der Waals surface area contributed by atoms with E-state index in [4.69, 9.17) is 53.8 Å². The summed E-state index contributed by atoms with van der Waals surface area (Å²) < 4.78 is 23.1. The van der Waals surface area contributed by atoms with E-state index in [0.717, 1.165) is 4.88 Å². The maximum Gasteiger partial charge on any atom is 0.514 e. The molecule has 55 heavy (non-hydrogen) atoms. The molecule has 0 saturated carbocycles. The highest BCUT2D eigenvalue weighted by Crippen LogP contribution is 2.42. The van der Waals surface area contributed by atoms with Gasteiger partial charge in [-0.3, -0.25) is 9.59 Å². The molecule has 2 aliphatic heterocycles. The molecule has 1 aromatic heterocycles. The number of ether oxygens (including phenoxy) is 4. The number of β-lactam (4-membered cyclic amide) rings is 1. The first-order valence-electron chi connectivity index (χ1n) is 16.7. The van der Waals surface area contributed by atoms with E-state index in [2.05, 4.69) is 5.32 Å². The Balaban J connectivity index is 1.11. The molecule has 0 bridgehead atoms. The number of benzene rings is 4. The van der Waals surface area contributed by atoms with Crippen molar-refractivity contribution < 1.29 is 38.1 Å². The number of nitrogens with one attached hydrogen (secondary N) is 1. The number of carbonyl (C=O) groups excluding carboxylic acids is 4. The molecule has 15 heteroatoms. The number of hydrogen-bond donors (Lipinski definition) is 1. The van der Waals surface area contributed by atoms with Gasteiger partial charge < -0.3 is 29.2 Å². The van der Waals surface area contributed by atoms with Crippen molar-refractivity contribution in [3.63, 3.8) is 0 Å².